The summed E-state index contributed by atoms with van der Waals surface area (Å²) in [6.07, 6.45) is 0. The Bertz CT molecular complexity index is 2620. The van der Waals surface area contributed by atoms with Crippen molar-refractivity contribution in [1.29, 1.82) is 5.26 Å². The average Bonchev–Trinajstić information content (AvgIpc) is 3.88. The van der Waals surface area contributed by atoms with Crippen molar-refractivity contribution in [3.63, 3.8) is 0 Å². The highest BCUT2D eigenvalue weighted by atomic mass is 79.9. The quantitative estimate of drug-likeness (QED) is 0.103. The van der Waals surface area contributed by atoms with E-state index < -0.39 is 0 Å². The number of benzene rings is 4. The third-order valence-corrected chi connectivity index (χ3v) is 11.8. The molecule has 6 aromatic rings. The Morgan fingerprint density at radius 2 is 1.36 bits per heavy atom. The third-order valence-electron chi connectivity index (χ3n) is 9.35. The van der Waals surface area contributed by atoms with Gasteiger partial charge < -0.3 is 26.3 Å². The van der Waals surface area contributed by atoms with Crippen LogP contribution in [-0.2, 0) is 38.1 Å². The molecule has 0 atom stereocenters. The molecule has 0 saturated heterocycles. The van der Waals surface area contributed by atoms with Gasteiger partial charge in [0.15, 0.2) is 5.69 Å². The molecule has 2 aromatic heterocycles. The number of ether oxygens (including phenoxy) is 2. The van der Waals surface area contributed by atoms with E-state index in [0.717, 1.165) is 70.3 Å². The number of aromatic nitrogens is 4. The highest BCUT2D eigenvalue weighted by Crippen LogP contribution is 2.41. The minimum Gasteiger partial charge on any atom is -0.496 e. The van der Waals surface area contributed by atoms with Gasteiger partial charge in [0.1, 0.15) is 11.5 Å². The number of methoxy groups -OCH3 is 2. The van der Waals surface area contributed by atoms with Gasteiger partial charge in [-0.05, 0) is 73.3 Å². The Morgan fingerprint density at radius 1 is 0.797 bits per heavy atom. The number of hydrogen-bond donors (Lipinski definition) is 3. The molecule has 8 rings (SSSR count). The summed E-state index contributed by atoms with van der Waals surface area (Å²) < 4.78 is 12.3. The van der Waals surface area contributed by atoms with Crippen molar-refractivity contribution in [1.82, 2.24) is 30.2 Å². The molecule has 4 heterocycles. The van der Waals surface area contributed by atoms with Crippen LogP contribution in [0.25, 0.3) is 27.4 Å². The number of nitrogens with two attached hydrogens (primary N) is 2. The monoisotopic (exact) mass is 1020 g/mol. The Balaban J connectivity index is 0.000000168. The molecule has 0 spiro atoms. The van der Waals surface area contributed by atoms with Crippen LogP contribution in [0.5, 0.6) is 11.5 Å². The number of rotatable bonds is 7. The molecule has 0 fully saturated rings. The number of para-hydroxylation sites is 1. The van der Waals surface area contributed by atoms with Gasteiger partial charge >= 0.3 is 0 Å². The van der Waals surface area contributed by atoms with Crippen LogP contribution in [0.4, 0.5) is 17.6 Å². The van der Waals surface area contributed by atoms with E-state index in [-0.39, 0.29) is 11.9 Å². The largest absolute Gasteiger partial charge is 0.496 e. The van der Waals surface area contributed by atoms with Crippen molar-refractivity contribution in [3.8, 4) is 40.1 Å². The summed E-state index contributed by atoms with van der Waals surface area (Å²) in [7, 11) is 3.21. The van der Waals surface area contributed by atoms with Crippen molar-refractivity contribution in [2.24, 2.45) is 0 Å². The lowest BCUT2D eigenvalue weighted by Crippen LogP contribution is -2.15. The van der Waals surface area contributed by atoms with E-state index in [0.29, 0.717) is 65.6 Å². The van der Waals surface area contributed by atoms with Crippen LogP contribution in [0.1, 0.15) is 39.2 Å². The van der Waals surface area contributed by atoms with Crippen molar-refractivity contribution >= 4 is 88.6 Å². The number of nitriles is 1. The number of nitrogen functional groups attached to an aromatic ring is 2. The van der Waals surface area contributed by atoms with Gasteiger partial charge in [-0.25, -0.2) is 24.8 Å². The Kier molecular flexibility index (Phi) is 14.8. The van der Waals surface area contributed by atoms with Crippen LogP contribution in [0.2, 0.25) is 10.0 Å². The van der Waals surface area contributed by atoms with E-state index >= 15 is 0 Å². The SMILES string of the molecule is COc1cc(-c2nc(N)nc3c2CNC3)c(Cl)cc1Br.N#Cc1ccccc1CBr.[C-]#[N+]c1ccccc1CN1Cc2nc(N)nc(-c3cc(OC)c(Br)cc3Cl)c2C1. The van der Waals surface area contributed by atoms with Gasteiger partial charge in [-0.3, -0.25) is 4.90 Å². The van der Waals surface area contributed by atoms with Crippen LogP contribution >= 0.6 is 71.0 Å². The zero-order valence-electron chi connectivity index (χ0n) is 31.7. The van der Waals surface area contributed by atoms with E-state index in [9.17, 15) is 0 Å². The maximum Gasteiger partial charge on any atom is 0.220 e. The van der Waals surface area contributed by atoms with E-state index in [4.69, 9.17) is 56.0 Å². The summed E-state index contributed by atoms with van der Waals surface area (Å²) >= 11 is 23.0. The molecule has 2 aliphatic rings. The summed E-state index contributed by atoms with van der Waals surface area (Å²) in [4.78, 5) is 23.4. The maximum atomic E-state index is 8.58. The molecule has 4 aromatic carbocycles. The highest BCUT2D eigenvalue weighted by molar-refractivity contribution is 9.11. The smallest absolute Gasteiger partial charge is 0.220 e. The highest BCUT2D eigenvalue weighted by Gasteiger charge is 2.28. The summed E-state index contributed by atoms with van der Waals surface area (Å²) in [5.74, 6) is 1.82. The fourth-order valence-corrected chi connectivity index (χ4v) is 8.83. The number of alkyl halides is 1. The van der Waals surface area contributed by atoms with Crippen LogP contribution in [-0.4, -0.2) is 39.1 Å². The van der Waals surface area contributed by atoms with E-state index in [1.165, 1.54) is 0 Å². The molecular formula is C42H35Br3Cl2N10O2. The second-order valence-corrected chi connectivity index (χ2v) is 16.1. The molecule has 12 nitrogen and oxygen atoms in total. The number of halogens is 5. The zero-order chi connectivity index (χ0) is 42.2. The van der Waals surface area contributed by atoms with Crippen molar-refractivity contribution in [2.45, 2.75) is 38.1 Å². The van der Waals surface area contributed by atoms with Crippen LogP contribution in [0, 0.1) is 17.9 Å². The molecule has 0 amide bonds. The minimum atomic E-state index is 0.208. The third kappa shape index (κ3) is 10.1. The fourth-order valence-electron chi connectivity index (χ4n) is 6.56. The number of nitrogens with one attached hydrogen (secondary N) is 1. The molecule has 0 bridgehead atoms. The van der Waals surface area contributed by atoms with E-state index in [1.807, 2.05) is 60.7 Å². The van der Waals surface area contributed by atoms with Gasteiger partial charge in [0, 0.05) is 60.3 Å². The van der Waals surface area contributed by atoms with Gasteiger partial charge in [-0.15, -0.1) is 0 Å². The van der Waals surface area contributed by atoms with Crippen LogP contribution < -0.4 is 26.3 Å². The van der Waals surface area contributed by atoms with Gasteiger partial charge in [0.05, 0.1) is 74.2 Å². The fraction of sp³-hybridized carbons (Fsp3) is 0.190. The van der Waals surface area contributed by atoms with Gasteiger partial charge in [-0.2, -0.15) is 5.26 Å². The van der Waals surface area contributed by atoms with Crippen molar-refractivity contribution < 1.29 is 9.47 Å². The molecule has 0 saturated carbocycles. The maximum absolute atomic E-state index is 8.58. The molecule has 0 aliphatic carbocycles. The number of anilines is 2. The van der Waals surface area contributed by atoms with Gasteiger partial charge in [-0.1, -0.05) is 81.6 Å². The first-order chi connectivity index (χ1) is 28.5. The van der Waals surface area contributed by atoms with Crippen LogP contribution in [0.3, 0.4) is 0 Å². The first-order valence-corrected chi connectivity index (χ1v) is 21.2. The Labute approximate surface area is 377 Å². The minimum absolute atomic E-state index is 0.208. The summed E-state index contributed by atoms with van der Waals surface area (Å²) in [5.41, 5.74) is 22.1. The first kappa shape index (κ1) is 43.7. The molecule has 2 aliphatic heterocycles. The van der Waals surface area contributed by atoms with Crippen LogP contribution in [0.15, 0.2) is 81.7 Å². The van der Waals surface area contributed by atoms with Crippen molar-refractivity contribution in [2.75, 3.05) is 25.7 Å². The van der Waals surface area contributed by atoms with Crippen molar-refractivity contribution in [3.05, 3.63) is 142 Å². The van der Waals surface area contributed by atoms with E-state index in [2.05, 4.69) is 88.9 Å². The van der Waals surface area contributed by atoms with Gasteiger partial charge in [0.2, 0.25) is 11.9 Å². The lowest BCUT2D eigenvalue weighted by Gasteiger charge is -2.16. The average molecular weight is 1020 g/mol. The second-order valence-electron chi connectivity index (χ2n) is 13.0. The van der Waals surface area contributed by atoms with E-state index in [1.54, 1.807) is 26.4 Å². The summed E-state index contributed by atoms with van der Waals surface area (Å²) in [5, 5.41) is 13.7. The molecular weight excluding hydrogens is 987 g/mol. The second kappa shape index (κ2) is 19.9. The predicted molar refractivity (Wildman–Crippen MR) is 242 cm³/mol. The normalized spacial score (nSPS) is 12.5. The molecule has 0 radical (unpaired) electrons. The molecule has 59 heavy (non-hydrogen) atoms. The Morgan fingerprint density at radius 3 is 1.92 bits per heavy atom. The topological polar surface area (TPSA) is 165 Å². The molecule has 0 unspecified atom stereocenters. The summed E-state index contributed by atoms with van der Waals surface area (Å²) in [6, 6.07) is 24.6. The predicted octanol–water partition coefficient (Wildman–Crippen LogP) is 10.4. The lowest BCUT2D eigenvalue weighted by atomic mass is 10.1. The standard InChI is InChI=1S/C21H17BrClN5O.C13H12BrClN4O.C8H6BrN/c1-25-17-6-4-3-5-12(17)9-28-10-14-18(11-28)26-21(24)27-20(14)13-7-19(29-2)15(22)8-16(13)23;1-20-11-2-6(9(15)3-8(11)14)12-7-4-17-5-10(7)18-13(16)19-12;9-5-7-3-1-2-4-8(7)6-10/h3-8H,9-11H2,2H3,(H2,24,26,27);2-3,17H,4-5H2,1H3,(H2,16,18,19);1-4H,5H2. The Hall–Kier alpha value is -4.84. The lowest BCUT2D eigenvalue weighted by molar-refractivity contribution is 0.274. The molecule has 5 N–H and O–H groups in total. The number of nitrogens with zero attached hydrogens (tertiary/aromatic N) is 7. The number of fused-ring (bicyclic) bond motifs is 2. The summed E-state index contributed by atoms with van der Waals surface area (Å²) in [6.45, 7) is 10.7. The zero-order valence-corrected chi connectivity index (χ0v) is 37.9. The molecule has 300 valence electrons. The van der Waals surface area contributed by atoms with Gasteiger partial charge in [0.25, 0.3) is 0 Å². The molecule has 17 heteroatoms. The number of hydrogen-bond acceptors (Lipinski definition) is 11. The first-order valence-electron chi connectivity index (χ1n) is 17.8.